The Morgan fingerprint density at radius 2 is 1.79 bits per heavy atom. The number of aryl methyl sites for hydroxylation is 1. The van der Waals surface area contributed by atoms with Crippen molar-refractivity contribution in [2.45, 2.75) is 25.9 Å². The average molecular weight is 373 g/mol. The summed E-state index contributed by atoms with van der Waals surface area (Å²) in [6, 6.07) is 7.53. The van der Waals surface area contributed by atoms with Crippen molar-refractivity contribution in [3.63, 3.8) is 0 Å². The van der Waals surface area contributed by atoms with Crippen LogP contribution in [-0.4, -0.2) is 39.0 Å². The van der Waals surface area contributed by atoms with Gasteiger partial charge in [-0.1, -0.05) is 18.8 Å². The van der Waals surface area contributed by atoms with Gasteiger partial charge in [-0.05, 0) is 31.3 Å². The molecule has 0 aliphatic carbocycles. The second-order valence-electron chi connectivity index (χ2n) is 6.30. The molecular weight excluding hydrogens is 350 g/mol. The smallest absolute Gasteiger partial charge is 0.127 e. The van der Waals surface area contributed by atoms with Gasteiger partial charge in [-0.15, -0.1) is 0 Å². The van der Waals surface area contributed by atoms with Crippen LogP contribution in [0.1, 0.15) is 35.6 Å². The highest BCUT2D eigenvalue weighted by molar-refractivity contribution is 5.40. The van der Waals surface area contributed by atoms with Crippen molar-refractivity contribution >= 4 is 0 Å². The van der Waals surface area contributed by atoms with Gasteiger partial charge in [0.25, 0.3) is 0 Å². The van der Waals surface area contributed by atoms with Crippen LogP contribution in [-0.2, 0) is 13.0 Å². The van der Waals surface area contributed by atoms with Gasteiger partial charge in [-0.3, -0.25) is 14.9 Å². The fourth-order valence-corrected chi connectivity index (χ4v) is 2.72. The molecule has 6 nitrogen and oxygen atoms in total. The average Bonchev–Trinajstić information content (AvgIpc) is 2.75. The van der Waals surface area contributed by atoms with Crippen LogP contribution in [0.2, 0.25) is 0 Å². The van der Waals surface area contributed by atoms with Crippen molar-refractivity contribution in [1.82, 2.24) is 24.8 Å². The maximum Gasteiger partial charge on any atom is 0.127 e. The second-order valence-corrected chi connectivity index (χ2v) is 6.30. The first-order chi connectivity index (χ1) is 13.7. The van der Waals surface area contributed by atoms with Crippen molar-refractivity contribution in [3.8, 4) is 17.6 Å². The van der Waals surface area contributed by atoms with Crippen LogP contribution < -0.4 is 4.74 Å². The lowest BCUT2D eigenvalue weighted by Gasteiger charge is -2.23. The molecule has 0 aliphatic rings. The zero-order chi connectivity index (χ0) is 19.8. The fourth-order valence-electron chi connectivity index (χ4n) is 2.72. The number of hydrogen-bond acceptors (Lipinski definition) is 6. The number of methoxy groups -OCH3 is 1. The highest BCUT2D eigenvalue weighted by Gasteiger charge is 2.16. The first kappa shape index (κ1) is 19.5. The minimum Gasteiger partial charge on any atom is -0.497 e. The van der Waals surface area contributed by atoms with Crippen LogP contribution >= 0.6 is 0 Å². The third kappa shape index (κ3) is 5.12. The number of hydrogen-bond donors (Lipinski definition) is 0. The molecule has 0 N–H and O–H groups in total. The molecule has 3 aromatic rings. The maximum atomic E-state index is 5.20. The van der Waals surface area contributed by atoms with Crippen molar-refractivity contribution in [3.05, 3.63) is 77.9 Å². The van der Waals surface area contributed by atoms with Crippen molar-refractivity contribution in [2.24, 2.45) is 0 Å². The predicted molar refractivity (Wildman–Crippen MR) is 108 cm³/mol. The van der Waals surface area contributed by atoms with Crippen LogP contribution in [0.25, 0.3) is 0 Å². The third-order valence-electron chi connectivity index (χ3n) is 4.27. The van der Waals surface area contributed by atoms with Gasteiger partial charge < -0.3 is 4.74 Å². The maximum absolute atomic E-state index is 5.20. The molecule has 0 fully saturated rings. The van der Waals surface area contributed by atoms with Crippen molar-refractivity contribution in [1.29, 1.82) is 0 Å². The Labute approximate surface area is 165 Å². The lowest BCUT2D eigenvalue weighted by molar-refractivity contribution is 0.280. The molecule has 1 atom stereocenters. The summed E-state index contributed by atoms with van der Waals surface area (Å²) in [5.74, 6) is 8.24. The molecule has 0 amide bonds. The normalized spacial score (nSPS) is 11.6. The lowest BCUT2D eigenvalue weighted by atomic mass is 10.1. The van der Waals surface area contributed by atoms with E-state index in [1.165, 1.54) is 0 Å². The molecule has 0 spiro atoms. The van der Waals surface area contributed by atoms with E-state index in [4.69, 9.17) is 4.74 Å². The van der Waals surface area contributed by atoms with E-state index >= 15 is 0 Å². The molecule has 142 valence electrons. The van der Waals surface area contributed by atoms with Gasteiger partial charge in [0.1, 0.15) is 17.6 Å². The Morgan fingerprint density at radius 1 is 1.04 bits per heavy atom. The van der Waals surface area contributed by atoms with Gasteiger partial charge >= 0.3 is 0 Å². The van der Waals surface area contributed by atoms with E-state index in [0.717, 1.165) is 34.8 Å². The van der Waals surface area contributed by atoms with Crippen LogP contribution in [0.4, 0.5) is 0 Å². The third-order valence-corrected chi connectivity index (χ3v) is 4.27. The summed E-state index contributed by atoms with van der Waals surface area (Å²) in [6.07, 6.45) is 9.64. The molecular formula is C22H23N5O. The monoisotopic (exact) mass is 373 g/mol. The molecule has 28 heavy (non-hydrogen) atoms. The Morgan fingerprint density at radius 3 is 2.39 bits per heavy atom. The van der Waals surface area contributed by atoms with E-state index in [1.54, 1.807) is 25.7 Å². The lowest BCUT2D eigenvalue weighted by Crippen LogP contribution is -2.24. The first-order valence-corrected chi connectivity index (χ1v) is 9.11. The molecule has 2 aromatic heterocycles. The van der Waals surface area contributed by atoms with E-state index in [-0.39, 0.29) is 6.04 Å². The van der Waals surface area contributed by atoms with Crippen LogP contribution in [0, 0.1) is 11.8 Å². The number of ether oxygens (including phenoxy) is 1. The van der Waals surface area contributed by atoms with Gasteiger partial charge in [-0.2, -0.15) is 0 Å². The van der Waals surface area contributed by atoms with Crippen LogP contribution in [0.5, 0.6) is 5.75 Å². The van der Waals surface area contributed by atoms with Gasteiger partial charge in [0, 0.05) is 55.1 Å². The van der Waals surface area contributed by atoms with Gasteiger partial charge in [0.2, 0.25) is 0 Å². The van der Waals surface area contributed by atoms with Crippen LogP contribution in [0.3, 0.4) is 0 Å². The summed E-state index contributed by atoms with van der Waals surface area (Å²) in [6.45, 7) is 2.65. The topological polar surface area (TPSA) is 64.0 Å². The Kier molecular flexibility index (Phi) is 6.66. The standard InChI is InChI=1S/C22H23N5O/c1-4-22-25-13-18(14-26-22)21(27(2)16-19-15-23-11-12-24-19)10-7-17-5-8-20(28-3)9-6-17/h5-6,8-9,11-15,21H,4,16H2,1-3H3/t21-/m1/s1. The summed E-state index contributed by atoms with van der Waals surface area (Å²) < 4.78 is 5.20. The Bertz CT molecular complexity index is 931. The first-order valence-electron chi connectivity index (χ1n) is 9.11. The molecule has 1 aromatic carbocycles. The number of aromatic nitrogens is 4. The van der Waals surface area contributed by atoms with Gasteiger partial charge in [0.15, 0.2) is 0 Å². The minimum atomic E-state index is -0.171. The van der Waals surface area contributed by atoms with Crippen molar-refractivity contribution in [2.75, 3.05) is 14.2 Å². The fraction of sp³-hybridized carbons (Fsp3) is 0.273. The number of benzene rings is 1. The molecule has 2 heterocycles. The zero-order valence-corrected chi connectivity index (χ0v) is 16.3. The molecule has 0 saturated heterocycles. The van der Waals surface area contributed by atoms with E-state index in [0.29, 0.717) is 6.54 Å². The molecule has 6 heteroatoms. The van der Waals surface area contributed by atoms with Gasteiger partial charge in [0.05, 0.1) is 12.8 Å². The quantitative estimate of drug-likeness (QED) is 0.619. The van der Waals surface area contributed by atoms with Gasteiger partial charge in [-0.25, -0.2) is 9.97 Å². The largest absolute Gasteiger partial charge is 0.497 e. The Hall–Kier alpha value is -3.30. The second kappa shape index (κ2) is 9.58. The molecule has 3 rings (SSSR count). The van der Waals surface area contributed by atoms with Crippen molar-refractivity contribution < 1.29 is 4.74 Å². The molecule has 0 radical (unpaired) electrons. The number of nitrogens with zero attached hydrogens (tertiary/aromatic N) is 5. The highest BCUT2D eigenvalue weighted by Crippen LogP contribution is 2.20. The van der Waals surface area contributed by atoms with Crippen LogP contribution in [0.15, 0.2) is 55.2 Å². The SMILES string of the molecule is CCc1ncc([C@@H](C#Cc2ccc(OC)cc2)N(C)Cc2cnccn2)cn1. The summed E-state index contributed by atoms with van der Waals surface area (Å²) in [7, 11) is 3.66. The summed E-state index contributed by atoms with van der Waals surface area (Å²) >= 11 is 0. The number of rotatable bonds is 6. The minimum absolute atomic E-state index is 0.171. The zero-order valence-electron chi connectivity index (χ0n) is 16.3. The molecule has 0 unspecified atom stereocenters. The summed E-state index contributed by atoms with van der Waals surface area (Å²) in [4.78, 5) is 19.5. The predicted octanol–water partition coefficient (Wildman–Crippen LogP) is 3.06. The summed E-state index contributed by atoms with van der Waals surface area (Å²) in [5.41, 5.74) is 2.75. The highest BCUT2D eigenvalue weighted by atomic mass is 16.5. The van der Waals surface area contributed by atoms with E-state index in [1.807, 2.05) is 50.6 Å². The van der Waals surface area contributed by atoms with E-state index in [9.17, 15) is 0 Å². The molecule has 0 aliphatic heterocycles. The van der Waals surface area contributed by atoms with E-state index in [2.05, 4.69) is 36.7 Å². The summed E-state index contributed by atoms with van der Waals surface area (Å²) in [5, 5.41) is 0. The Balaban J connectivity index is 1.87. The van der Waals surface area contributed by atoms with E-state index < -0.39 is 0 Å². The molecule has 0 bridgehead atoms. The molecule has 0 saturated carbocycles.